The zero-order chi connectivity index (χ0) is 23.4. The third kappa shape index (κ3) is 5.13. The number of rotatable bonds is 7. The van der Waals surface area contributed by atoms with Crippen LogP contribution in [0.4, 0.5) is 11.6 Å². The zero-order valence-electron chi connectivity index (χ0n) is 17.2. The van der Waals surface area contributed by atoms with E-state index in [1.54, 1.807) is 37.4 Å². The minimum Gasteiger partial charge on any atom is -0.496 e. The number of amides is 1. The monoisotopic (exact) mass is 483 g/mol. The molecule has 0 unspecified atom stereocenters. The van der Waals surface area contributed by atoms with Crippen LogP contribution in [-0.2, 0) is 10.0 Å². The van der Waals surface area contributed by atoms with E-state index in [0.717, 1.165) is 0 Å². The molecule has 0 aliphatic carbocycles. The van der Waals surface area contributed by atoms with Gasteiger partial charge >= 0.3 is 0 Å². The lowest BCUT2D eigenvalue weighted by atomic mass is 10.2. The minimum absolute atomic E-state index is 0.00496. The highest BCUT2D eigenvalue weighted by Crippen LogP contribution is 2.27. The van der Waals surface area contributed by atoms with E-state index in [0.29, 0.717) is 27.8 Å². The molecule has 0 bridgehead atoms. The highest BCUT2D eigenvalue weighted by molar-refractivity contribution is 7.92. The fraction of sp³-hybridized carbons (Fsp3) is 0.0455. The quantitative estimate of drug-likeness (QED) is 0.362. The molecule has 9 nitrogen and oxygen atoms in total. The number of nitrogens with zero attached hydrogens (tertiary/aromatic N) is 2. The molecule has 1 heterocycles. The number of halogens is 1. The first-order chi connectivity index (χ1) is 15.9. The molecular weight excluding hydrogens is 466 g/mol. The van der Waals surface area contributed by atoms with Crippen molar-refractivity contribution in [3.05, 3.63) is 83.4 Å². The molecule has 4 aromatic rings. The predicted octanol–water partition coefficient (Wildman–Crippen LogP) is 4.19. The van der Waals surface area contributed by atoms with Crippen LogP contribution in [0.25, 0.3) is 11.4 Å². The fourth-order valence-electron chi connectivity index (χ4n) is 2.97. The fourth-order valence-corrected chi connectivity index (χ4v) is 4.15. The Morgan fingerprint density at radius 2 is 1.70 bits per heavy atom. The number of benzene rings is 3. The molecule has 0 atom stereocenters. The van der Waals surface area contributed by atoms with Crippen molar-refractivity contribution in [1.29, 1.82) is 0 Å². The summed E-state index contributed by atoms with van der Waals surface area (Å²) in [6, 6.07) is 19.0. The van der Waals surface area contributed by atoms with Crippen molar-refractivity contribution in [2.24, 2.45) is 0 Å². The van der Waals surface area contributed by atoms with Gasteiger partial charge < -0.3 is 4.74 Å². The van der Waals surface area contributed by atoms with Crippen LogP contribution in [0, 0.1) is 0 Å². The maximum Gasteiger partial charge on any atom is 0.261 e. The lowest BCUT2D eigenvalue weighted by Crippen LogP contribution is -2.15. The number of carbonyl (C=O) groups excluding carboxylic acids is 1. The van der Waals surface area contributed by atoms with Crippen LogP contribution in [0.2, 0.25) is 5.02 Å². The summed E-state index contributed by atoms with van der Waals surface area (Å²) in [7, 11) is -2.28. The third-order valence-electron chi connectivity index (χ3n) is 4.60. The Morgan fingerprint density at radius 3 is 2.39 bits per heavy atom. The molecule has 3 N–H and O–H groups in total. The van der Waals surface area contributed by atoms with Gasteiger partial charge in [-0.25, -0.2) is 8.42 Å². The number of para-hydroxylation sites is 1. The van der Waals surface area contributed by atoms with Gasteiger partial charge in [0, 0.05) is 16.3 Å². The summed E-state index contributed by atoms with van der Waals surface area (Å²) in [6.07, 6.45) is 0. The van der Waals surface area contributed by atoms with Gasteiger partial charge in [-0.15, -0.1) is 5.10 Å². The molecule has 11 heteroatoms. The van der Waals surface area contributed by atoms with E-state index in [1.807, 2.05) is 18.2 Å². The Kier molecular flexibility index (Phi) is 6.29. The number of ether oxygens (including phenoxy) is 1. The van der Waals surface area contributed by atoms with Gasteiger partial charge in [-0.3, -0.25) is 19.9 Å². The number of aromatic nitrogens is 3. The largest absolute Gasteiger partial charge is 0.496 e. The molecule has 0 fully saturated rings. The lowest BCUT2D eigenvalue weighted by molar-refractivity contribution is 0.102. The van der Waals surface area contributed by atoms with Gasteiger partial charge in [0.25, 0.3) is 15.9 Å². The molecule has 168 valence electrons. The summed E-state index contributed by atoms with van der Waals surface area (Å²) >= 11 is 5.82. The second-order valence-electron chi connectivity index (χ2n) is 6.80. The van der Waals surface area contributed by atoms with Gasteiger partial charge in [0.2, 0.25) is 5.95 Å². The van der Waals surface area contributed by atoms with E-state index in [-0.39, 0.29) is 16.4 Å². The zero-order valence-corrected chi connectivity index (χ0v) is 18.8. The second kappa shape index (κ2) is 9.31. The Labute approximate surface area is 194 Å². The summed E-state index contributed by atoms with van der Waals surface area (Å²) in [4.78, 5) is 16.8. The summed E-state index contributed by atoms with van der Waals surface area (Å²) < 4.78 is 32.9. The van der Waals surface area contributed by atoms with Crippen LogP contribution in [0.15, 0.2) is 77.7 Å². The van der Waals surface area contributed by atoms with E-state index < -0.39 is 15.9 Å². The van der Waals surface area contributed by atoms with Crippen LogP contribution in [0.1, 0.15) is 10.4 Å². The molecule has 0 spiro atoms. The van der Waals surface area contributed by atoms with Crippen molar-refractivity contribution in [2.45, 2.75) is 4.90 Å². The SMILES string of the molecule is COc1ccccc1-c1nc(NC(=O)c2ccc(S(=O)(=O)Nc3ccc(Cl)cc3)cc2)n[nH]1. The molecular formula is C22H18ClN5O4S. The molecule has 0 aliphatic heterocycles. The number of sulfonamides is 1. The van der Waals surface area contributed by atoms with E-state index >= 15 is 0 Å². The number of hydrogen-bond donors (Lipinski definition) is 3. The summed E-state index contributed by atoms with van der Waals surface area (Å²) in [6.45, 7) is 0. The van der Waals surface area contributed by atoms with Gasteiger partial charge in [-0.05, 0) is 60.7 Å². The van der Waals surface area contributed by atoms with Crippen LogP contribution in [0.3, 0.4) is 0 Å². The van der Waals surface area contributed by atoms with Crippen molar-refractivity contribution < 1.29 is 17.9 Å². The molecule has 4 rings (SSSR count). The summed E-state index contributed by atoms with van der Waals surface area (Å²) in [5.41, 5.74) is 1.30. The molecule has 0 saturated carbocycles. The number of H-pyrrole nitrogens is 1. The van der Waals surface area contributed by atoms with Gasteiger partial charge in [0.15, 0.2) is 5.82 Å². The minimum atomic E-state index is -3.83. The molecule has 0 saturated heterocycles. The number of anilines is 2. The van der Waals surface area contributed by atoms with Crippen molar-refractivity contribution in [2.75, 3.05) is 17.1 Å². The normalized spacial score (nSPS) is 11.1. The first-order valence-electron chi connectivity index (χ1n) is 9.61. The van der Waals surface area contributed by atoms with E-state index in [9.17, 15) is 13.2 Å². The van der Waals surface area contributed by atoms with Gasteiger partial charge in [0.1, 0.15) is 5.75 Å². The van der Waals surface area contributed by atoms with Gasteiger partial charge in [-0.1, -0.05) is 23.7 Å². The number of aromatic amines is 1. The van der Waals surface area contributed by atoms with Crippen molar-refractivity contribution in [3.8, 4) is 17.1 Å². The standard InChI is InChI=1S/C22H18ClN5O4S/c1-32-19-5-3-2-4-18(19)20-24-22(27-26-20)25-21(29)14-6-12-17(13-7-14)33(30,31)28-16-10-8-15(23)9-11-16/h2-13,28H,1H3,(H2,24,25,26,27,29). The Hall–Kier alpha value is -3.89. The first kappa shape index (κ1) is 22.3. The van der Waals surface area contributed by atoms with Crippen LogP contribution in [-0.4, -0.2) is 36.6 Å². The smallest absolute Gasteiger partial charge is 0.261 e. The lowest BCUT2D eigenvalue weighted by Gasteiger charge is -2.09. The summed E-state index contributed by atoms with van der Waals surface area (Å²) in [5, 5.41) is 9.84. The van der Waals surface area contributed by atoms with Crippen LogP contribution >= 0.6 is 11.6 Å². The Balaban J connectivity index is 1.46. The Bertz CT molecular complexity index is 1390. The first-order valence-corrected chi connectivity index (χ1v) is 11.5. The molecule has 1 amide bonds. The molecule has 3 aromatic carbocycles. The van der Waals surface area contributed by atoms with E-state index in [4.69, 9.17) is 16.3 Å². The van der Waals surface area contributed by atoms with Crippen molar-refractivity contribution >= 4 is 39.2 Å². The van der Waals surface area contributed by atoms with Crippen LogP contribution < -0.4 is 14.8 Å². The maximum atomic E-state index is 12.6. The van der Waals surface area contributed by atoms with E-state index in [1.165, 1.54) is 24.3 Å². The van der Waals surface area contributed by atoms with Gasteiger partial charge in [-0.2, -0.15) is 4.98 Å². The number of methoxy groups -OCH3 is 1. The average Bonchev–Trinajstić information content (AvgIpc) is 3.28. The molecule has 0 radical (unpaired) electrons. The number of nitrogens with one attached hydrogen (secondary N) is 3. The second-order valence-corrected chi connectivity index (χ2v) is 8.92. The summed E-state index contributed by atoms with van der Waals surface area (Å²) in [5.74, 6) is 0.616. The average molecular weight is 484 g/mol. The topological polar surface area (TPSA) is 126 Å². The molecule has 0 aliphatic rings. The Morgan fingerprint density at radius 1 is 1.00 bits per heavy atom. The van der Waals surface area contributed by atoms with Crippen molar-refractivity contribution in [1.82, 2.24) is 15.2 Å². The highest BCUT2D eigenvalue weighted by Gasteiger charge is 2.17. The number of carbonyl (C=O) groups is 1. The predicted molar refractivity (Wildman–Crippen MR) is 125 cm³/mol. The molecule has 33 heavy (non-hydrogen) atoms. The van der Waals surface area contributed by atoms with E-state index in [2.05, 4.69) is 25.2 Å². The van der Waals surface area contributed by atoms with Crippen molar-refractivity contribution in [3.63, 3.8) is 0 Å². The maximum absolute atomic E-state index is 12.6. The molecule has 1 aromatic heterocycles. The highest BCUT2D eigenvalue weighted by atomic mass is 35.5. The number of hydrogen-bond acceptors (Lipinski definition) is 6. The van der Waals surface area contributed by atoms with Gasteiger partial charge in [0.05, 0.1) is 17.6 Å². The third-order valence-corrected chi connectivity index (χ3v) is 6.25. The van der Waals surface area contributed by atoms with Crippen LogP contribution in [0.5, 0.6) is 5.75 Å².